The molecule has 1 aromatic heterocycles. The van der Waals surface area contributed by atoms with Gasteiger partial charge in [-0.15, -0.1) is 11.8 Å². The number of fused-ring (bicyclic) bond motifs is 2. The third-order valence-corrected chi connectivity index (χ3v) is 6.88. The molecule has 11 heteroatoms. The molecule has 1 atom stereocenters. The lowest BCUT2D eigenvalue weighted by Gasteiger charge is -2.23. The van der Waals surface area contributed by atoms with E-state index in [1.807, 2.05) is 29.7 Å². The van der Waals surface area contributed by atoms with Crippen molar-refractivity contribution >= 4 is 29.4 Å². The van der Waals surface area contributed by atoms with Crippen molar-refractivity contribution in [3.05, 3.63) is 65.4 Å². The summed E-state index contributed by atoms with van der Waals surface area (Å²) < 4.78 is 23.1. The number of urea groups is 1. The van der Waals surface area contributed by atoms with Gasteiger partial charge in [0.25, 0.3) is 5.89 Å². The van der Waals surface area contributed by atoms with E-state index < -0.39 is 11.3 Å². The number of nitrogens with zero attached hydrogens (tertiary/aromatic N) is 4. The molecule has 3 amide bonds. The molecule has 3 aromatic rings. The fourth-order valence-electron chi connectivity index (χ4n) is 4.17. The third kappa shape index (κ3) is 3.73. The normalized spacial score (nSPS) is 18.4. The number of hydrogen-bond acceptors (Lipinski definition) is 9. The zero-order chi connectivity index (χ0) is 23.9. The molecule has 10 nitrogen and oxygen atoms in total. The summed E-state index contributed by atoms with van der Waals surface area (Å²) in [5.74, 6) is 2.17. The molecule has 3 aliphatic rings. The van der Waals surface area contributed by atoms with E-state index in [2.05, 4.69) is 10.1 Å². The highest BCUT2D eigenvalue weighted by molar-refractivity contribution is 8.04. The Bertz CT molecular complexity index is 1410. The standard InChI is InChI=1S/C24H19N4O6S/c1-31-17-5-3-2-4-15(17)22-25-20(34-26-22)12-27-16-8-9-35-21(16)23(29)28(24(27)30)11-14-6-7-18-19(10-14)33-13-32-18/h2-10,21H,11-13H2,1H3/q+1. The van der Waals surface area contributed by atoms with Gasteiger partial charge in [0.1, 0.15) is 18.0 Å². The Balaban J connectivity index is 1.29. The molecule has 0 saturated heterocycles. The molecule has 0 aliphatic carbocycles. The fourth-order valence-corrected chi connectivity index (χ4v) is 5.14. The minimum absolute atomic E-state index is 0.0304. The Morgan fingerprint density at radius 3 is 2.91 bits per heavy atom. The van der Waals surface area contributed by atoms with E-state index in [1.54, 1.807) is 31.4 Å². The van der Waals surface area contributed by atoms with Gasteiger partial charge in [-0.1, -0.05) is 23.4 Å². The SMILES string of the molecule is COc1ccccc1-c1noc(C[N+]2=C3C=CSC3C(=O)N(Cc3ccc4c(c3)OCO4)C2=O)n1. The molecule has 176 valence electrons. The Morgan fingerprint density at radius 1 is 1.17 bits per heavy atom. The van der Waals surface area contributed by atoms with Crippen LogP contribution in [0.5, 0.6) is 17.2 Å². The van der Waals surface area contributed by atoms with Crippen LogP contribution in [-0.4, -0.2) is 56.4 Å². The van der Waals surface area contributed by atoms with Crippen LogP contribution in [-0.2, 0) is 17.9 Å². The van der Waals surface area contributed by atoms with E-state index in [9.17, 15) is 9.59 Å². The van der Waals surface area contributed by atoms with Gasteiger partial charge in [0.15, 0.2) is 23.3 Å². The summed E-state index contributed by atoms with van der Waals surface area (Å²) in [4.78, 5) is 32.4. The number of hydrogen-bond donors (Lipinski definition) is 0. The Hall–Kier alpha value is -4.12. The van der Waals surface area contributed by atoms with Gasteiger partial charge in [-0.25, -0.2) is 4.79 Å². The van der Waals surface area contributed by atoms with Gasteiger partial charge < -0.3 is 18.7 Å². The molecule has 35 heavy (non-hydrogen) atoms. The van der Waals surface area contributed by atoms with Crippen LogP contribution in [0.3, 0.4) is 0 Å². The topological polar surface area (TPSA) is 107 Å². The number of methoxy groups -OCH3 is 1. The maximum atomic E-state index is 13.5. The van der Waals surface area contributed by atoms with Crippen LogP contribution in [0.25, 0.3) is 11.4 Å². The van der Waals surface area contributed by atoms with Gasteiger partial charge in [-0.3, -0.25) is 0 Å². The van der Waals surface area contributed by atoms with Gasteiger partial charge >= 0.3 is 11.9 Å². The molecule has 0 N–H and O–H groups in total. The van der Waals surface area contributed by atoms with Crippen molar-refractivity contribution in [2.45, 2.75) is 18.3 Å². The van der Waals surface area contributed by atoms with Crippen molar-refractivity contribution in [2.24, 2.45) is 0 Å². The molecule has 0 saturated carbocycles. The zero-order valence-corrected chi connectivity index (χ0v) is 19.4. The summed E-state index contributed by atoms with van der Waals surface area (Å²) in [5.41, 5.74) is 2.03. The lowest BCUT2D eigenvalue weighted by molar-refractivity contribution is -0.458. The molecular formula is C24H19N4O6S+. The van der Waals surface area contributed by atoms with E-state index in [0.29, 0.717) is 34.3 Å². The van der Waals surface area contributed by atoms with Crippen LogP contribution in [0.2, 0.25) is 0 Å². The number of rotatable bonds is 6. The molecular weight excluding hydrogens is 472 g/mol. The first-order valence-corrected chi connectivity index (χ1v) is 11.7. The first kappa shape index (κ1) is 21.4. The number of imide groups is 1. The van der Waals surface area contributed by atoms with Crippen LogP contribution in [0, 0.1) is 0 Å². The van der Waals surface area contributed by atoms with Crippen molar-refractivity contribution in [3.63, 3.8) is 0 Å². The molecule has 0 bridgehead atoms. The van der Waals surface area contributed by atoms with Crippen LogP contribution in [0.1, 0.15) is 11.5 Å². The van der Waals surface area contributed by atoms with Gasteiger partial charge in [0.2, 0.25) is 12.6 Å². The van der Waals surface area contributed by atoms with E-state index in [4.69, 9.17) is 18.7 Å². The average Bonchev–Trinajstić information content (AvgIpc) is 3.65. The number of allylic oxidation sites excluding steroid dienone is 1. The quantitative estimate of drug-likeness (QED) is 0.480. The summed E-state index contributed by atoms with van der Waals surface area (Å²) in [6.45, 7) is 0.284. The lowest BCUT2D eigenvalue weighted by atomic mass is 10.1. The van der Waals surface area contributed by atoms with Crippen LogP contribution in [0.4, 0.5) is 4.79 Å². The second kappa shape index (κ2) is 8.58. The predicted molar refractivity (Wildman–Crippen MR) is 124 cm³/mol. The molecule has 3 aliphatic heterocycles. The first-order valence-electron chi connectivity index (χ1n) is 10.8. The van der Waals surface area contributed by atoms with Gasteiger partial charge in [-0.05, 0) is 41.3 Å². The summed E-state index contributed by atoms with van der Waals surface area (Å²) in [6, 6.07) is 12.2. The average molecular weight is 492 g/mol. The summed E-state index contributed by atoms with van der Waals surface area (Å²) >= 11 is 1.36. The highest BCUT2D eigenvalue weighted by Crippen LogP contribution is 2.34. The molecule has 1 unspecified atom stereocenters. The number of aromatic nitrogens is 2. The monoisotopic (exact) mass is 491 g/mol. The molecule has 0 radical (unpaired) electrons. The highest BCUT2D eigenvalue weighted by atomic mass is 32.2. The number of benzene rings is 2. The van der Waals surface area contributed by atoms with Crippen molar-refractivity contribution in [1.82, 2.24) is 15.0 Å². The van der Waals surface area contributed by atoms with E-state index in [1.165, 1.54) is 21.2 Å². The van der Waals surface area contributed by atoms with Gasteiger partial charge in [-0.2, -0.15) is 19.3 Å². The minimum atomic E-state index is -0.515. The smallest absolute Gasteiger partial charge is 0.496 e. The van der Waals surface area contributed by atoms with Crippen LogP contribution >= 0.6 is 11.8 Å². The number of amides is 3. The molecule has 0 spiro atoms. The Kier molecular flexibility index (Phi) is 5.25. The third-order valence-electron chi connectivity index (χ3n) is 5.87. The Morgan fingerprint density at radius 2 is 2.03 bits per heavy atom. The van der Waals surface area contributed by atoms with E-state index in [0.717, 1.165) is 5.56 Å². The number of thioether (sulfide) groups is 1. The number of carbonyl (C=O) groups excluding carboxylic acids is 2. The highest BCUT2D eigenvalue weighted by Gasteiger charge is 2.49. The molecule has 2 aromatic carbocycles. The Labute approximate surface area is 203 Å². The fraction of sp³-hybridized carbons (Fsp3) is 0.208. The number of ether oxygens (including phenoxy) is 3. The number of carbonyl (C=O) groups is 2. The van der Waals surface area contributed by atoms with Crippen LogP contribution in [0.15, 0.2) is 58.5 Å². The van der Waals surface area contributed by atoms with Crippen LogP contribution < -0.4 is 14.2 Å². The summed E-state index contributed by atoms with van der Waals surface area (Å²) in [7, 11) is 1.57. The van der Waals surface area contributed by atoms with Gasteiger partial charge in [0, 0.05) is 0 Å². The van der Waals surface area contributed by atoms with Crippen molar-refractivity contribution < 1.29 is 32.9 Å². The maximum Gasteiger partial charge on any atom is 0.501 e. The summed E-state index contributed by atoms with van der Waals surface area (Å²) in [5, 5.41) is 5.36. The maximum absolute atomic E-state index is 13.5. The van der Waals surface area contributed by atoms with Crippen molar-refractivity contribution in [1.29, 1.82) is 0 Å². The van der Waals surface area contributed by atoms with Crippen molar-refractivity contribution in [3.8, 4) is 28.6 Å². The molecule has 0 fully saturated rings. The second-order valence-electron chi connectivity index (χ2n) is 7.94. The first-order chi connectivity index (χ1) is 17.1. The second-order valence-corrected chi connectivity index (χ2v) is 8.95. The van der Waals surface area contributed by atoms with E-state index in [-0.39, 0.29) is 31.7 Å². The van der Waals surface area contributed by atoms with Gasteiger partial charge in [0.05, 0.1) is 12.7 Å². The summed E-state index contributed by atoms with van der Waals surface area (Å²) in [6.07, 6.45) is 1.78. The lowest BCUT2D eigenvalue weighted by Crippen LogP contribution is -2.54. The van der Waals surface area contributed by atoms with Crippen molar-refractivity contribution in [2.75, 3.05) is 13.9 Å². The number of para-hydroxylation sites is 1. The zero-order valence-electron chi connectivity index (χ0n) is 18.5. The van der Waals surface area contributed by atoms with E-state index >= 15 is 0 Å². The largest absolute Gasteiger partial charge is 0.501 e. The molecule has 6 rings (SSSR count). The predicted octanol–water partition coefficient (Wildman–Crippen LogP) is 3.22. The minimum Gasteiger partial charge on any atom is -0.496 e. The molecule has 4 heterocycles.